The number of anilines is 2. The summed E-state index contributed by atoms with van der Waals surface area (Å²) in [4.78, 5) is 32.3. The van der Waals surface area contributed by atoms with Crippen molar-refractivity contribution in [3.8, 4) is 5.75 Å². The quantitative estimate of drug-likeness (QED) is 0.434. The first kappa shape index (κ1) is 19.4. The minimum Gasteiger partial charge on any atom is -0.486 e. The lowest BCUT2D eigenvalue weighted by molar-refractivity contribution is 0.0000267. The number of para-hydroxylation sites is 3. The van der Waals surface area contributed by atoms with Crippen molar-refractivity contribution in [2.75, 3.05) is 18.0 Å². The number of likely N-dealkylation sites (tertiary alicyclic amines) is 1. The van der Waals surface area contributed by atoms with Gasteiger partial charge in [0.1, 0.15) is 11.4 Å². The second-order valence-corrected chi connectivity index (χ2v) is 9.61. The largest absolute Gasteiger partial charge is 0.486 e. The lowest BCUT2D eigenvalue weighted by Crippen LogP contribution is -2.54. The Labute approximate surface area is 191 Å². The van der Waals surface area contributed by atoms with Gasteiger partial charge < -0.3 is 9.64 Å². The van der Waals surface area contributed by atoms with Gasteiger partial charge in [-0.1, -0.05) is 48.2 Å². The van der Waals surface area contributed by atoms with Crippen molar-refractivity contribution < 1.29 is 14.3 Å². The number of carbonyl (C=O) groups excluding carboxylic acids is 2. The number of rotatable bonds is 0. The molecule has 0 saturated carbocycles. The van der Waals surface area contributed by atoms with Crippen LogP contribution in [0.5, 0.6) is 5.75 Å². The molecule has 3 aromatic rings. The number of ketones is 1. The van der Waals surface area contributed by atoms with E-state index in [0.29, 0.717) is 43.7 Å². The van der Waals surface area contributed by atoms with E-state index in [2.05, 4.69) is 12.1 Å². The summed E-state index contributed by atoms with van der Waals surface area (Å²) >= 11 is 1.69. The highest BCUT2D eigenvalue weighted by Crippen LogP contribution is 2.48. The molecule has 0 atom stereocenters. The molecule has 3 aliphatic heterocycles. The molecule has 5 nitrogen and oxygen atoms in total. The van der Waals surface area contributed by atoms with Crippen LogP contribution < -0.4 is 9.64 Å². The van der Waals surface area contributed by atoms with Gasteiger partial charge in [-0.2, -0.15) is 0 Å². The maximum Gasteiger partial charge on any atom is 0.329 e. The molecule has 1 fully saturated rings. The van der Waals surface area contributed by atoms with Crippen molar-refractivity contribution in [2.45, 2.75) is 34.7 Å². The van der Waals surface area contributed by atoms with Crippen molar-refractivity contribution in [1.29, 1.82) is 0 Å². The molecule has 0 radical (unpaired) electrons. The molecule has 3 aliphatic rings. The van der Waals surface area contributed by atoms with Crippen molar-refractivity contribution in [2.24, 2.45) is 0 Å². The fourth-order valence-corrected chi connectivity index (χ4v) is 5.94. The first-order chi connectivity index (χ1) is 15.6. The Morgan fingerprint density at radius 2 is 1.44 bits per heavy atom. The molecule has 6 rings (SSSR count). The SMILES string of the molecule is O=C1CC2(CCN(C(=O)N3c4ccccc4Sc4ccccc43)CC2)Oc2ccccc21. The number of Topliss-reactive ketones (excluding diaryl/α,β-unsaturated/α-hetero) is 1. The number of amides is 2. The Balaban J connectivity index is 1.26. The van der Waals surface area contributed by atoms with Gasteiger partial charge in [0.15, 0.2) is 5.78 Å². The molecule has 1 spiro atoms. The van der Waals surface area contributed by atoms with Gasteiger partial charge >= 0.3 is 6.03 Å². The fourth-order valence-electron chi connectivity index (χ4n) is 4.88. The molecule has 6 heteroatoms. The van der Waals surface area contributed by atoms with Crippen molar-refractivity contribution in [3.05, 3.63) is 78.4 Å². The topological polar surface area (TPSA) is 49.9 Å². The smallest absolute Gasteiger partial charge is 0.329 e. The van der Waals surface area contributed by atoms with Crippen LogP contribution in [-0.4, -0.2) is 35.4 Å². The lowest BCUT2D eigenvalue weighted by atomic mass is 9.82. The third-order valence-corrected chi connectivity index (χ3v) is 7.70. The molecule has 32 heavy (non-hydrogen) atoms. The van der Waals surface area contributed by atoms with Gasteiger partial charge in [0.2, 0.25) is 0 Å². The minimum absolute atomic E-state index is 0.0254. The summed E-state index contributed by atoms with van der Waals surface area (Å²) in [5.74, 6) is 0.793. The second kappa shape index (κ2) is 7.41. The van der Waals surface area contributed by atoms with Crippen molar-refractivity contribution >= 4 is 35.0 Å². The maximum absolute atomic E-state index is 13.7. The van der Waals surface area contributed by atoms with Crippen LogP contribution in [0, 0.1) is 0 Å². The minimum atomic E-state index is -0.518. The first-order valence-corrected chi connectivity index (χ1v) is 11.7. The predicted molar refractivity (Wildman–Crippen MR) is 124 cm³/mol. The molecule has 2 amide bonds. The predicted octanol–water partition coefficient (Wildman–Crippen LogP) is 5.91. The highest BCUT2D eigenvalue weighted by atomic mass is 32.2. The summed E-state index contributed by atoms with van der Waals surface area (Å²) in [5.41, 5.74) is 1.98. The van der Waals surface area contributed by atoms with E-state index in [9.17, 15) is 9.59 Å². The molecule has 3 heterocycles. The number of urea groups is 1. The molecule has 3 aromatic carbocycles. The van der Waals surface area contributed by atoms with E-state index < -0.39 is 5.60 Å². The van der Waals surface area contributed by atoms with E-state index in [1.807, 2.05) is 70.5 Å². The fraction of sp³-hybridized carbons (Fsp3) is 0.231. The number of ether oxygens (including phenoxy) is 1. The molecule has 0 N–H and O–H groups in total. The van der Waals surface area contributed by atoms with Crippen LogP contribution in [-0.2, 0) is 0 Å². The number of hydrogen-bond donors (Lipinski definition) is 0. The van der Waals surface area contributed by atoms with E-state index in [1.54, 1.807) is 11.8 Å². The molecule has 0 bridgehead atoms. The van der Waals surface area contributed by atoms with Gasteiger partial charge in [-0.05, 0) is 36.4 Å². The van der Waals surface area contributed by atoms with Crippen LogP contribution in [0.1, 0.15) is 29.6 Å². The maximum atomic E-state index is 13.7. The third kappa shape index (κ3) is 3.09. The molecule has 0 aromatic heterocycles. The van der Waals surface area contributed by atoms with Gasteiger partial charge in [-0.15, -0.1) is 0 Å². The molecular weight excluding hydrogens is 420 g/mol. The Hall–Kier alpha value is -3.25. The van der Waals surface area contributed by atoms with E-state index in [0.717, 1.165) is 21.2 Å². The summed E-state index contributed by atoms with van der Waals surface area (Å²) < 4.78 is 6.34. The van der Waals surface area contributed by atoms with E-state index in [1.165, 1.54) is 0 Å². The summed E-state index contributed by atoms with van der Waals surface area (Å²) in [7, 11) is 0. The molecule has 0 unspecified atom stereocenters. The Morgan fingerprint density at radius 3 is 2.12 bits per heavy atom. The zero-order valence-electron chi connectivity index (χ0n) is 17.5. The number of nitrogens with zero attached hydrogens (tertiary/aromatic N) is 2. The van der Waals surface area contributed by atoms with Crippen LogP contribution in [0.3, 0.4) is 0 Å². The summed E-state index contributed by atoms with van der Waals surface area (Å²) in [5, 5.41) is 0. The van der Waals surface area contributed by atoms with Crippen LogP contribution in [0.25, 0.3) is 0 Å². The molecule has 160 valence electrons. The van der Waals surface area contributed by atoms with Gasteiger partial charge in [-0.25, -0.2) is 4.79 Å². The standard InChI is InChI=1S/C26H22N2O3S/c29-21-17-26(31-22-10-4-1-7-18(21)22)13-15-27(16-14-26)25(30)28-19-8-2-5-11-23(19)32-24-12-6-3-9-20(24)28/h1-12H,13-17H2. The van der Waals surface area contributed by atoms with E-state index >= 15 is 0 Å². The van der Waals surface area contributed by atoms with Gasteiger partial charge in [-0.3, -0.25) is 9.69 Å². The van der Waals surface area contributed by atoms with E-state index in [-0.39, 0.29) is 11.8 Å². The number of fused-ring (bicyclic) bond motifs is 3. The highest BCUT2D eigenvalue weighted by molar-refractivity contribution is 7.99. The van der Waals surface area contributed by atoms with Gasteiger partial charge in [0.05, 0.1) is 23.4 Å². The monoisotopic (exact) mass is 442 g/mol. The average Bonchev–Trinajstić information content (AvgIpc) is 2.82. The summed E-state index contributed by atoms with van der Waals surface area (Å²) in [6, 6.07) is 23.5. The van der Waals surface area contributed by atoms with Crippen LogP contribution in [0.15, 0.2) is 82.6 Å². The number of benzene rings is 3. The van der Waals surface area contributed by atoms with Crippen molar-refractivity contribution in [1.82, 2.24) is 4.90 Å². The number of hydrogen-bond acceptors (Lipinski definition) is 4. The number of carbonyl (C=O) groups is 2. The summed E-state index contributed by atoms with van der Waals surface area (Å²) in [6.45, 7) is 1.12. The van der Waals surface area contributed by atoms with Gasteiger partial charge in [0.25, 0.3) is 0 Å². The van der Waals surface area contributed by atoms with Crippen molar-refractivity contribution in [3.63, 3.8) is 0 Å². The second-order valence-electron chi connectivity index (χ2n) is 8.52. The summed E-state index contributed by atoms with van der Waals surface area (Å²) in [6.07, 6.45) is 1.66. The Kier molecular flexibility index (Phi) is 4.50. The van der Waals surface area contributed by atoms with Gasteiger partial charge in [0, 0.05) is 35.7 Å². The lowest BCUT2D eigenvalue weighted by Gasteiger charge is -2.45. The Morgan fingerprint density at radius 1 is 0.844 bits per heavy atom. The van der Waals surface area contributed by atoms with Crippen LogP contribution >= 0.6 is 11.8 Å². The number of piperidine rings is 1. The molecule has 1 saturated heterocycles. The normalized spacial score (nSPS) is 18.4. The highest BCUT2D eigenvalue weighted by Gasteiger charge is 2.44. The van der Waals surface area contributed by atoms with Crippen LogP contribution in [0.4, 0.5) is 16.2 Å². The molecule has 0 aliphatic carbocycles. The third-order valence-electron chi connectivity index (χ3n) is 6.57. The van der Waals surface area contributed by atoms with Crippen LogP contribution in [0.2, 0.25) is 0 Å². The average molecular weight is 443 g/mol. The Bertz CT molecular complexity index is 1190. The first-order valence-electron chi connectivity index (χ1n) is 10.9. The zero-order chi connectivity index (χ0) is 21.7. The van der Waals surface area contributed by atoms with E-state index in [4.69, 9.17) is 4.74 Å². The molecular formula is C26H22N2O3S. The zero-order valence-corrected chi connectivity index (χ0v) is 18.3.